The van der Waals surface area contributed by atoms with Gasteiger partial charge in [0.1, 0.15) is 12.7 Å². The van der Waals surface area contributed by atoms with Crippen molar-refractivity contribution < 1.29 is 4.79 Å². The highest BCUT2D eigenvalue weighted by molar-refractivity contribution is 9.10. The lowest BCUT2D eigenvalue weighted by Gasteiger charge is -2.07. The number of nitrogens with zero attached hydrogens (tertiary/aromatic N) is 3. The summed E-state index contributed by atoms with van der Waals surface area (Å²) in [6.45, 7) is 0. The fraction of sp³-hybridized carbons (Fsp3) is 0. The Morgan fingerprint density at radius 2 is 1.95 bits per heavy atom. The first-order valence-corrected chi connectivity index (χ1v) is 7.04. The molecular weight excluding hydrogens is 332 g/mol. The lowest BCUT2D eigenvalue weighted by atomic mass is 10.2. The van der Waals surface area contributed by atoms with Crippen LogP contribution in [0.4, 0.5) is 5.69 Å². The molecule has 0 saturated heterocycles. The molecule has 3 aromatic rings. The summed E-state index contributed by atoms with van der Waals surface area (Å²) in [5.74, 6) is -0.148. The molecule has 3 rings (SSSR count). The number of carbonyl (C=O) groups is 1. The Morgan fingerprint density at radius 1 is 1.14 bits per heavy atom. The molecule has 0 aliphatic heterocycles. The van der Waals surface area contributed by atoms with Crippen molar-refractivity contribution in [2.24, 2.45) is 0 Å². The monoisotopic (exact) mass is 342 g/mol. The van der Waals surface area contributed by atoms with E-state index in [1.807, 2.05) is 36.4 Å². The summed E-state index contributed by atoms with van der Waals surface area (Å²) in [6.07, 6.45) is 3.10. The molecule has 0 radical (unpaired) electrons. The number of hydrogen-bond donors (Lipinski definition) is 1. The van der Waals surface area contributed by atoms with Gasteiger partial charge in [0.15, 0.2) is 0 Å². The summed E-state index contributed by atoms with van der Waals surface area (Å²) < 4.78 is 2.52. The van der Waals surface area contributed by atoms with Crippen LogP contribution in [0.15, 0.2) is 65.7 Å². The van der Waals surface area contributed by atoms with E-state index in [9.17, 15) is 4.79 Å². The van der Waals surface area contributed by atoms with Gasteiger partial charge in [-0.3, -0.25) is 4.79 Å². The van der Waals surface area contributed by atoms with Gasteiger partial charge in [0.25, 0.3) is 5.91 Å². The summed E-state index contributed by atoms with van der Waals surface area (Å²) in [6, 6.07) is 14.6. The molecule has 0 saturated carbocycles. The molecule has 2 aromatic carbocycles. The maximum Gasteiger partial charge on any atom is 0.255 e. The zero-order valence-corrected chi connectivity index (χ0v) is 12.5. The second kappa shape index (κ2) is 5.88. The van der Waals surface area contributed by atoms with E-state index in [0.29, 0.717) is 5.56 Å². The topological polar surface area (TPSA) is 59.8 Å². The van der Waals surface area contributed by atoms with Crippen LogP contribution in [0.5, 0.6) is 0 Å². The number of halogens is 1. The normalized spacial score (nSPS) is 10.3. The molecule has 0 aliphatic carbocycles. The first kappa shape index (κ1) is 13.5. The highest BCUT2D eigenvalue weighted by atomic mass is 79.9. The molecule has 1 amide bonds. The summed E-state index contributed by atoms with van der Waals surface area (Å²) in [5.41, 5.74) is 2.21. The summed E-state index contributed by atoms with van der Waals surface area (Å²) >= 11 is 3.35. The van der Waals surface area contributed by atoms with Crippen molar-refractivity contribution in [2.75, 3.05) is 5.32 Å². The minimum Gasteiger partial charge on any atom is -0.322 e. The van der Waals surface area contributed by atoms with Crippen LogP contribution in [-0.2, 0) is 0 Å². The zero-order chi connectivity index (χ0) is 14.7. The Hall–Kier alpha value is -2.47. The van der Waals surface area contributed by atoms with E-state index in [-0.39, 0.29) is 5.91 Å². The third kappa shape index (κ3) is 3.17. The van der Waals surface area contributed by atoms with Crippen LogP contribution < -0.4 is 5.32 Å². The second-order valence-corrected chi connectivity index (χ2v) is 5.27. The van der Waals surface area contributed by atoms with Crippen LogP contribution >= 0.6 is 15.9 Å². The maximum atomic E-state index is 12.1. The Balaban J connectivity index is 1.75. The third-order valence-corrected chi connectivity index (χ3v) is 3.39. The van der Waals surface area contributed by atoms with Crippen molar-refractivity contribution in [3.8, 4) is 5.69 Å². The van der Waals surface area contributed by atoms with Crippen LogP contribution in [0.1, 0.15) is 10.4 Å². The van der Waals surface area contributed by atoms with Gasteiger partial charge in [-0.1, -0.05) is 22.0 Å². The molecule has 5 nitrogen and oxygen atoms in total. The van der Waals surface area contributed by atoms with Gasteiger partial charge < -0.3 is 5.32 Å². The smallest absolute Gasteiger partial charge is 0.255 e. The Bertz CT molecular complexity index is 754. The number of benzene rings is 2. The lowest BCUT2D eigenvalue weighted by Crippen LogP contribution is -2.11. The molecule has 1 N–H and O–H groups in total. The predicted octanol–water partition coefficient (Wildman–Crippen LogP) is 3.28. The Kier molecular flexibility index (Phi) is 3.79. The van der Waals surface area contributed by atoms with Gasteiger partial charge in [-0.25, -0.2) is 9.67 Å². The van der Waals surface area contributed by atoms with Crippen LogP contribution in [0.2, 0.25) is 0 Å². The molecule has 0 spiro atoms. The van der Waals surface area contributed by atoms with Gasteiger partial charge in [-0.15, -0.1) is 0 Å². The fourth-order valence-corrected chi connectivity index (χ4v) is 2.27. The van der Waals surface area contributed by atoms with Crippen LogP contribution in [0.25, 0.3) is 5.69 Å². The number of amides is 1. The zero-order valence-electron chi connectivity index (χ0n) is 10.9. The Labute approximate surface area is 129 Å². The minimum atomic E-state index is -0.148. The standard InChI is InChI=1S/C15H11BrN4O/c16-12-3-1-2-11(8-12)15(21)19-13-4-6-14(7-5-13)20-10-17-9-18-20/h1-10H,(H,19,21). The van der Waals surface area contributed by atoms with E-state index in [1.165, 1.54) is 6.33 Å². The summed E-state index contributed by atoms with van der Waals surface area (Å²) in [5, 5.41) is 6.90. The average molecular weight is 343 g/mol. The Morgan fingerprint density at radius 3 is 2.62 bits per heavy atom. The third-order valence-electron chi connectivity index (χ3n) is 2.90. The van der Waals surface area contributed by atoms with Gasteiger partial charge >= 0.3 is 0 Å². The van der Waals surface area contributed by atoms with Crippen LogP contribution in [0.3, 0.4) is 0 Å². The molecule has 6 heteroatoms. The second-order valence-electron chi connectivity index (χ2n) is 4.35. The summed E-state index contributed by atoms with van der Waals surface area (Å²) in [4.78, 5) is 16.0. The number of aromatic nitrogens is 3. The molecule has 1 aromatic heterocycles. The first-order valence-electron chi connectivity index (χ1n) is 6.24. The number of rotatable bonds is 3. The van der Waals surface area contributed by atoms with E-state index >= 15 is 0 Å². The van der Waals surface area contributed by atoms with E-state index in [4.69, 9.17) is 0 Å². The minimum absolute atomic E-state index is 0.148. The molecule has 104 valence electrons. The van der Waals surface area contributed by atoms with Gasteiger partial charge in [0.05, 0.1) is 5.69 Å². The first-order chi connectivity index (χ1) is 10.2. The summed E-state index contributed by atoms with van der Waals surface area (Å²) in [7, 11) is 0. The number of hydrogen-bond acceptors (Lipinski definition) is 3. The average Bonchev–Trinajstić information content (AvgIpc) is 3.02. The molecule has 1 heterocycles. The quantitative estimate of drug-likeness (QED) is 0.794. The van der Waals surface area contributed by atoms with Gasteiger partial charge in [0.2, 0.25) is 0 Å². The maximum absolute atomic E-state index is 12.1. The van der Waals surface area contributed by atoms with Crippen molar-refractivity contribution in [1.29, 1.82) is 0 Å². The SMILES string of the molecule is O=C(Nc1ccc(-n2cncn2)cc1)c1cccc(Br)c1. The molecular formula is C15H11BrN4O. The van der Waals surface area contributed by atoms with Crippen molar-refractivity contribution in [3.63, 3.8) is 0 Å². The van der Waals surface area contributed by atoms with E-state index in [1.54, 1.807) is 23.1 Å². The van der Waals surface area contributed by atoms with Gasteiger partial charge in [-0.05, 0) is 42.5 Å². The largest absolute Gasteiger partial charge is 0.322 e. The van der Waals surface area contributed by atoms with Gasteiger partial charge in [-0.2, -0.15) is 5.10 Å². The lowest BCUT2D eigenvalue weighted by molar-refractivity contribution is 0.102. The van der Waals surface area contributed by atoms with E-state index in [0.717, 1.165) is 15.8 Å². The number of anilines is 1. The number of carbonyl (C=O) groups excluding carboxylic acids is 1. The van der Waals surface area contributed by atoms with Crippen molar-refractivity contribution in [2.45, 2.75) is 0 Å². The van der Waals surface area contributed by atoms with Crippen molar-refractivity contribution in [3.05, 3.63) is 71.2 Å². The van der Waals surface area contributed by atoms with Crippen LogP contribution in [-0.4, -0.2) is 20.7 Å². The van der Waals surface area contributed by atoms with E-state index in [2.05, 4.69) is 31.3 Å². The predicted molar refractivity (Wildman–Crippen MR) is 83.5 cm³/mol. The van der Waals surface area contributed by atoms with Crippen molar-refractivity contribution in [1.82, 2.24) is 14.8 Å². The molecule has 0 fully saturated rings. The van der Waals surface area contributed by atoms with Crippen LogP contribution in [0, 0.1) is 0 Å². The molecule has 0 atom stereocenters. The molecule has 21 heavy (non-hydrogen) atoms. The highest BCUT2D eigenvalue weighted by Gasteiger charge is 2.06. The highest BCUT2D eigenvalue weighted by Crippen LogP contribution is 2.15. The molecule has 0 aliphatic rings. The van der Waals surface area contributed by atoms with Gasteiger partial charge in [0, 0.05) is 15.7 Å². The van der Waals surface area contributed by atoms with E-state index < -0.39 is 0 Å². The van der Waals surface area contributed by atoms with Crippen molar-refractivity contribution >= 4 is 27.5 Å². The fourth-order valence-electron chi connectivity index (χ4n) is 1.87. The molecule has 0 bridgehead atoms. The number of nitrogens with one attached hydrogen (secondary N) is 1. The molecule has 0 unspecified atom stereocenters.